The van der Waals surface area contributed by atoms with Gasteiger partial charge in [-0.2, -0.15) is 4.98 Å². The summed E-state index contributed by atoms with van der Waals surface area (Å²) in [6.45, 7) is 2.72. The molecule has 0 fully saturated rings. The van der Waals surface area contributed by atoms with Gasteiger partial charge in [-0.25, -0.2) is 4.98 Å². The minimum atomic E-state index is 0.199. The first-order chi connectivity index (χ1) is 11.2. The Kier molecular flexibility index (Phi) is 4.33. The molecule has 0 saturated heterocycles. The summed E-state index contributed by atoms with van der Waals surface area (Å²) in [5, 5.41) is 15.9. The highest BCUT2D eigenvalue weighted by Gasteiger charge is 2.07. The molecule has 0 aliphatic carbocycles. The lowest BCUT2D eigenvalue weighted by Crippen LogP contribution is -2.05. The molecule has 0 saturated carbocycles. The average molecular weight is 307 g/mol. The number of rotatable bonds is 5. The maximum absolute atomic E-state index is 9.57. The Morgan fingerprint density at radius 1 is 1.04 bits per heavy atom. The first kappa shape index (κ1) is 14.8. The smallest absolute Gasteiger partial charge is 0.225 e. The van der Waals surface area contributed by atoms with Crippen molar-refractivity contribution in [3.63, 3.8) is 0 Å². The molecule has 2 heterocycles. The summed E-state index contributed by atoms with van der Waals surface area (Å²) in [4.78, 5) is 13.0. The van der Waals surface area contributed by atoms with Crippen LogP contribution in [0, 0.1) is 0 Å². The molecule has 0 aliphatic rings. The van der Waals surface area contributed by atoms with Crippen LogP contribution >= 0.6 is 0 Å². The Bertz CT molecular complexity index is 792. The van der Waals surface area contributed by atoms with Gasteiger partial charge in [-0.15, -0.1) is 0 Å². The van der Waals surface area contributed by atoms with Crippen LogP contribution in [-0.2, 0) is 0 Å². The molecule has 3 N–H and O–H groups in total. The Hall–Kier alpha value is -3.15. The third-order valence-corrected chi connectivity index (χ3v) is 3.16. The van der Waals surface area contributed by atoms with Crippen molar-refractivity contribution in [3.05, 3.63) is 54.9 Å². The zero-order valence-corrected chi connectivity index (χ0v) is 12.7. The minimum absolute atomic E-state index is 0.199. The van der Waals surface area contributed by atoms with Gasteiger partial charge in [0.05, 0.1) is 5.69 Å². The largest absolute Gasteiger partial charge is 0.508 e. The zero-order valence-electron chi connectivity index (χ0n) is 12.7. The third kappa shape index (κ3) is 3.74. The van der Waals surface area contributed by atoms with E-state index in [4.69, 9.17) is 0 Å². The van der Waals surface area contributed by atoms with Crippen molar-refractivity contribution in [2.24, 2.45) is 0 Å². The van der Waals surface area contributed by atoms with Crippen molar-refractivity contribution < 1.29 is 5.11 Å². The van der Waals surface area contributed by atoms with E-state index >= 15 is 0 Å². The molecule has 2 aromatic heterocycles. The van der Waals surface area contributed by atoms with Crippen LogP contribution in [0.4, 0.5) is 17.5 Å². The molecular weight excluding hydrogens is 290 g/mol. The number of benzene rings is 1. The van der Waals surface area contributed by atoms with Crippen LogP contribution in [0.5, 0.6) is 5.75 Å². The van der Waals surface area contributed by atoms with Crippen molar-refractivity contribution in [3.8, 4) is 17.0 Å². The number of aromatic hydroxyl groups is 1. The van der Waals surface area contributed by atoms with E-state index in [-0.39, 0.29) is 5.75 Å². The lowest BCUT2D eigenvalue weighted by atomic mass is 10.2. The van der Waals surface area contributed by atoms with Crippen molar-refractivity contribution in [1.82, 2.24) is 15.0 Å². The first-order valence-corrected chi connectivity index (χ1v) is 7.34. The van der Waals surface area contributed by atoms with E-state index in [0.717, 1.165) is 23.5 Å². The first-order valence-electron chi connectivity index (χ1n) is 7.34. The Balaban J connectivity index is 1.97. The molecule has 0 aliphatic heterocycles. The van der Waals surface area contributed by atoms with Crippen LogP contribution in [0.2, 0.25) is 0 Å². The SMILES string of the molecule is CCNc1nc(Nc2cccc(O)c2)cc(-c2ccncc2)n1. The number of nitrogens with one attached hydrogen (secondary N) is 2. The monoisotopic (exact) mass is 307 g/mol. The van der Waals surface area contributed by atoms with Gasteiger partial charge in [-0.3, -0.25) is 4.98 Å². The van der Waals surface area contributed by atoms with Gasteiger partial charge in [0.2, 0.25) is 5.95 Å². The minimum Gasteiger partial charge on any atom is -0.508 e. The Morgan fingerprint density at radius 2 is 1.87 bits per heavy atom. The van der Waals surface area contributed by atoms with Crippen LogP contribution in [0.25, 0.3) is 11.3 Å². The second-order valence-corrected chi connectivity index (χ2v) is 4.90. The van der Waals surface area contributed by atoms with E-state index in [0.29, 0.717) is 11.8 Å². The second kappa shape index (κ2) is 6.74. The fourth-order valence-electron chi connectivity index (χ4n) is 2.15. The molecule has 0 radical (unpaired) electrons. The Morgan fingerprint density at radius 3 is 2.61 bits per heavy atom. The molecule has 6 nitrogen and oxygen atoms in total. The van der Waals surface area contributed by atoms with Gasteiger partial charge in [0.1, 0.15) is 11.6 Å². The average Bonchev–Trinajstić information content (AvgIpc) is 2.56. The van der Waals surface area contributed by atoms with Crippen LogP contribution in [0.1, 0.15) is 6.92 Å². The molecule has 6 heteroatoms. The third-order valence-electron chi connectivity index (χ3n) is 3.16. The number of nitrogens with zero attached hydrogens (tertiary/aromatic N) is 3. The van der Waals surface area contributed by atoms with Crippen LogP contribution in [0.15, 0.2) is 54.9 Å². The maximum atomic E-state index is 9.57. The lowest BCUT2D eigenvalue weighted by molar-refractivity contribution is 0.475. The number of phenols is 1. The second-order valence-electron chi connectivity index (χ2n) is 4.90. The summed E-state index contributed by atoms with van der Waals surface area (Å²) >= 11 is 0. The van der Waals surface area contributed by atoms with Gasteiger partial charge in [-0.1, -0.05) is 6.07 Å². The van der Waals surface area contributed by atoms with Crippen LogP contribution in [-0.4, -0.2) is 26.6 Å². The predicted molar refractivity (Wildman–Crippen MR) is 90.8 cm³/mol. The molecule has 0 bridgehead atoms. The van der Waals surface area contributed by atoms with Crippen molar-refractivity contribution >= 4 is 17.5 Å². The number of aromatic nitrogens is 3. The van der Waals surface area contributed by atoms with E-state index in [1.165, 1.54) is 0 Å². The number of phenolic OH excluding ortho intramolecular Hbond substituents is 1. The lowest BCUT2D eigenvalue weighted by Gasteiger charge is -2.11. The summed E-state index contributed by atoms with van der Waals surface area (Å²) in [6, 6.07) is 12.6. The molecule has 0 amide bonds. The topological polar surface area (TPSA) is 83.0 Å². The highest BCUT2D eigenvalue weighted by atomic mass is 16.3. The van der Waals surface area contributed by atoms with E-state index in [9.17, 15) is 5.11 Å². The van der Waals surface area contributed by atoms with Crippen molar-refractivity contribution in [2.75, 3.05) is 17.2 Å². The molecule has 0 unspecified atom stereocenters. The van der Waals surface area contributed by atoms with Gasteiger partial charge in [0.15, 0.2) is 0 Å². The molecule has 0 spiro atoms. The molecule has 3 rings (SSSR count). The van der Waals surface area contributed by atoms with E-state index in [1.54, 1.807) is 30.6 Å². The van der Waals surface area contributed by atoms with Crippen molar-refractivity contribution in [1.29, 1.82) is 0 Å². The molecule has 1 aromatic carbocycles. The summed E-state index contributed by atoms with van der Waals surface area (Å²) in [7, 11) is 0. The fraction of sp³-hybridized carbons (Fsp3) is 0.118. The molecule has 3 aromatic rings. The number of anilines is 3. The predicted octanol–water partition coefficient (Wildman–Crippen LogP) is 3.42. The summed E-state index contributed by atoms with van der Waals surface area (Å²) in [5.74, 6) is 1.39. The van der Waals surface area contributed by atoms with Gasteiger partial charge < -0.3 is 15.7 Å². The maximum Gasteiger partial charge on any atom is 0.225 e. The quantitative estimate of drug-likeness (QED) is 0.670. The molecule has 0 atom stereocenters. The van der Waals surface area contributed by atoms with Crippen molar-refractivity contribution in [2.45, 2.75) is 6.92 Å². The highest BCUT2D eigenvalue weighted by molar-refractivity contribution is 5.67. The fourth-order valence-corrected chi connectivity index (χ4v) is 2.15. The van der Waals surface area contributed by atoms with E-state index in [2.05, 4.69) is 25.6 Å². The van der Waals surface area contributed by atoms with Gasteiger partial charge in [-0.05, 0) is 31.2 Å². The van der Waals surface area contributed by atoms with Gasteiger partial charge in [0.25, 0.3) is 0 Å². The van der Waals surface area contributed by atoms with Gasteiger partial charge in [0, 0.05) is 42.3 Å². The molecule has 23 heavy (non-hydrogen) atoms. The van der Waals surface area contributed by atoms with Crippen LogP contribution < -0.4 is 10.6 Å². The standard InChI is InChI=1S/C17H17N5O/c1-2-19-17-21-15(12-6-8-18-9-7-12)11-16(22-17)20-13-4-3-5-14(23)10-13/h3-11,23H,2H2,1H3,(H2,19,20,21,22). The Labute approximate surface area is 134 Å². The molecule has 116 valence electrons. The van der Waals surface area contributed by atoms with Gasteiger partial charge >= 0.3 is 0 Å². The highest BCUT2D eigenvalue weighted by Crippen LogP contribution is 2.24. The summed E-state index contributed by atoms with van der Waals surface area (Å²) < 4.78 is 0. The molecular formula is C17H17N5O. The normalized spacial score (nSPS) is 10.3. The van der Waals surface area contributed by atoms with Crippen LogP contribution in [0.3, 0.4) is 0 Å². The zero-order chi connectivity index (χ0) is 16.1. The van der Waals surface area contributed by atoms with E-state index in [1.807, 2.05) is 31.2 Å². The summed E-state index contributed by atoms with van der Waals surface area (Å²) in [6.07, 6.45) is 3.46. The number of hydrogen-bond acceptors (Lipinski definition) is 6. The number of pyridine rings is 1. The summed E-state index contributed by atoms with van der Waals surface area (Å²) in [5.41, 5.74) is 2.51. The number of hydrogen-bond donors (Lipinski definition) is 3. The van der Waals surface area contributed by atoms with E-state index < -0.39 is 0 Å².